The fourth-order valence-corrected chi connectivity index (χ4v) is 1.91. The van der Waals surface area contributed by atoms with Gasteiger partial charge in [0, 0.05) is 17.8 Å². The molecule has 0 unspecified atom stereocenters. The summed E-state index contributed by atoms with van der Waals surface area (Å²) in [6.07, 6.45) is 2.19. The van der Waals surface area contributed by atoms with Crippen molar-refractivity contribution in [2.75, 3.05) is 10.6 Å². The summed E-state index contributed by atoms with van der Waals surface area (Å²) in [5.74, 6) is -0.172. The number of carbonyl (C=O) groups excluding carboxylic acids is 2. The second-order valence-electron chi connectivity index (χ2n) is 4.55. The van der Waals surface area contributed by atoms with Gasteiger partial charge in [-0.2, -0.15) is 0 Å². The lowest BCUT2D eigenvalue weighted by Gasteiger charge is -2.11. The number of nitrogens with two attached hydrogens (primary N) is 1. The van der Waals surface area contributed by atoms with Gasteiger partial charge in [0.05, 0.1) is 6.04 Å². The van der Waals surface area contributed by atoms with Crippen molar-refractivity contribution in [3.63, 3.8) is 0 Å². The first-order chi connectivity index (χ1) is 8.56. The van der Waals surface area contributed by atoms with Crippen LogP contribution < -0.4 is 16.4 Å². The molecule has 1 aromatic carbocycles. The third-order valence-electron chi connectivity index (χ3n) is 2.91. The normalized spacial score (nSPS) is 15.4. The molecule has 4 N–H and O–H groups in total. The molecule has 2 amide bonds. The number of anilines is 2. The van der Waals surface area contributed by atoms with Crippen LogP contribution >= 0.6 is 12.4 Å². The van der Waals surface area contributed by atoms with Gasteiger partial charge in [-0.15, -0.1) is 12.4 Å². The van der Waals surface area contributed by atoms with Gasteiger partial charge < -0.3 is 16.4 Å². The average molecular weight is 284 g/mol. The Labute approximate surface area is 118 Å². The number of rotatable bonds is 2. The molecule has 0 saturated carbocycles. The maximum atomic E-state index is 11.5. The molecule has 6 heteroatoms. The summed E-state index contributed by atoms with van der Waals surface area (Å²) in [4.78, 5) is 22.9. The van der Waals surface area contributed by atoms with E-state index >= 15 is 0 Å². The maximum Gasteiger partial charge on any atom is 0.240 e. The van der Waals surface area contributed by atoms with Crippen LogP contribution in [0.1, 0.15) is 25.3 Å². The fourth-order valence-electron chi connectivity index (χ4n) is 1.91. The second kappa shape index (κ2) is 6.54. The van der Waals surface area contributed by atoms with Crippen molar-refractivity contribution in [2.45, 2.75) is 32.2 Å². The second-order valence-corrected chi connectivity index (χ2v) is 4.55. The number of benzene rings is 1. The fraction of sp³-hybridized carbons (Fsp3) is 0.385. The third-order valence-corrected chi connectivity index (χ3v) is 2.91. The molecule has 5 nitrogen and oxygen atoms in total. The summed E-state index contributed by atoms with van der Waals surface area (Å²) in [7, 11) is 0. The molecular weight excluding hydrogens is 266 g/mol. The van der Waals surface area contributed by atoms with E-state index in [4.69, 9.17) is 5.73 Å². The lowest BCUT2D eigenvalue weighted by atomic mass is 10.1. The summed E-state index contributed by atoms with van der Waals surface area (Å²) in [5.41, 5.74) is 8.09. The minimum atomic E-state index is -0.538. The van der Waals surface area contributed by atoms with Crippen LogP contribution in [0.4, 0.5) is 11.4 Å². The number of amides is 2. The van der Waals surface area contributed by atoms with Gasteiger partial charge in [0.25, 0.3) is 0 Å². The van der Waals surface area contributed by atoms with Crippen molar-refractivity contribution in [2.24, 2.45) is 5.73 Å². The number of nitrogens with one attached hydrogen (secondary N) is 2. The first-order valence-corrected chi connectivity index (χ1v) is 6.05. The molecule has 1 aliphatic heterocycles. The van der Waals surface area contributed by atoms with Crippen LogP contribution in [-0.4, -0.2) is 17.9 Å². The SMILES string of the molecule is C[C@H](N)C(=O)Nc1ccc2c(c1)CCCC(=O)N2.Cl. The van der Waals surface area contributed by atoms with Gasteiger partial charge in [-0.3, -0.25) is 9.59 Å². The van der Waals surface area contributed by atoms with E-state index in [2.05, 4.69) is 10.6 Å². The number of halogens is 1. The van der Waals surface area contributed by atoms with Crippen molar-refractivity contribution >= 4 is 35.6 Å². The summed E-state index contributed by atoms with van der Waals surface area (Å²) in [6.45, 7) is 1.64. The predicted octanol–water partition coefficient (Wildman–Crippen LogP) is 1.67. The molecule has 1 aliphatic rings. The number of aryl methyl sites for hydroxylation is 1. The molecule has 0 radical (unpaired) electrons. The van der Waals surface area contributed by atoms with Crippen LogP contribution in [0.5, 0.6) is 0 Å². The zero-order chi connectivity index (χ0) is 13.1. The monoisotopic (exact) mass is 283 g/mol. The van der Waals surface area contributed by atoms with E-state index in [0.717, 1.165) is 24.1 Å². The lowest BCUT2D eigenvalue weighted by molar-refractivity contribution is -0.117. The largest absolute Gasteiger partial charge is 0.326 e. The Balaban J connectivity index is 0.00000180. The topological polar surface area (TPSA) is 84.2 Å². The minimum absolute atomic E-state index is 0. The molecule has 19 heavy (non-hydrogen) atoms. The Morgan fingerprint density at radius 3 is 2.84 bits per heavy atom. The average Bonchev–Trinajstić information content (AvgIpc) is 2.49. The Morgan fingerprint density at radius 1 is 1.42 bits per heavy atom. The van der Waals surface area contributed by atoms with Gasteiger partial charge in [-0.05, 0) is 43.5 Å². The first-order valence-electron chi connectivity index (χ1n) is 6.05. The molecule has 0 saturated heterocycles. The van der Waals surface area contributed by atoms with Crippen molar-refractivity contribution in [3.8, 4) is 0 Å². The van der Waals surface area contributed by atoms with Gasteiger partial charge in [-0.1, -0.05) is 0 Å². The summed E-state index contributed by atoms with van der Waals surface area (Å²) >= 11 is 0. The van der Waals surface area contributed by atoms with Crippen LogP contribution in [0, 0.1) is 0 Å². The van der Waals surface area contributed by atoms with Gasteiger partial charge in [-0.25, -0.2) is 0 Å². The molecule has 104 valence electrons. The standard InChI is InChI=1S/C13H17N3O2.ClH/c1-8(14)13(18)15-10-5-6-11-9(7-10)3-2-4-12(17)16-11;/h5-8H,2-4,14H2,1H3,(H,15,18)(H,16,17);1H/t8-;/m0./s1. The molecule has 1 heterocycles. The molecule has 0 aromatic heterocycles. The van der Waals surface area contributed by atoms with Crippen molar-refractivity contribution < 1.29 is 9.59 Å². The number of fused-ring (bicyclic) bond motifs is 1. The van der Waals surface area contributed by atoms with E-state index in [1.54, 1.807) is 13.0 Å². The molecule has 0 aliphatic carbocycles. The lowest BCUT2D eigenvalue weighted by Crippen LogP contribution is -2.32. The highest BCUT2D eigenvalue weighted by Crippen LogP contribution is 2.25. The molecule has 1 atom stereocenters. The van der Waals surface area contributed by atoms with Crippen molar-refractivity contribution in [1.82, 2.24) is 0 Å². The number of hydrogen-bond donors (Lipinski definition) is 3. The van der Waals surface area contributed by atoms with E-state index in [9.17, 15) is 9.59 Å². The van der Waals surface area contributed by atoms with Crippen LogP contribution in [-0.2, 0) is 16.0 Å². The van der Waals surface area contributed by atoms with E-state index < -0.39 is 6.04 Å². The zero-order valence-electron chi connectivity index (χ0n) is 10.7. The highest BCUT2D eigenvalue weighted by molar-refractivity contribution is 5.96. The molecular formula is C13H18ClN3O2. The molecule has 1 aromatic rings. The summed E-state index contributed by atoms with van der Waals surface area (Å²) < 4.78 is 0. The van der Waals surface area contributed by atoms with Crippen LogP contribution in [0.15, 0.2) is 18.2 Å². The predicted molar refractivity (Wildman–Crippen MR) is 77.5 cm³/mol. The highest BCUT2D eigenvalue weighted by Gasteiger charge is 2.14. The molecule has 0 spiro atoms. The maximum absolute atomic E-state index is 11.5. The van der Waals surface area contributed by atoms with Gasteiger partial charge in [0.2, 0.25) is 11.8 Å². The quantitative estimate of drug-likeness (QED) is 0.772. The van der Waals surface area contributed by atoms with Gasteiger partial charge >= 0.3 is 0 Å². The van der Waals surface area contributed by atoms with Crippen LogP contribution in [0.25, 0.3) is 0 Å². The Hall–Kier alpha value is -1.59. The van der Waals surface area contributed by atoms with Gasteiger partial charge in [0.1, 0.15) is 0 Å². The Morgan fingerprint density at radius 2 is 2.16 bits per heavy atom. The molecule has 0 bridgehead atoms. The summed E-state index contributed by atoms with van der Waals surface area (Å²) in [5, 5.41) is 5.60. The van der Waals surface area contributed by atoms with Crippen LogP contribution in [0.2, 0.25) is 0 Å². The van der Waals surface area contributed by atoms with E-state index in [0.29, 0.717) is 12.1 Å². The third kappa shape index (κ3) is 3.94. The van der Waals surface area contributed by atoms with E-state index in [-0.39, 0.29) is 24.2 Å². The van der Waals surface area contributed by atoms with Crippen molar-refractivity contribution in [3.05, 3.63) is 23.8 Å². The zero-order valence-corrected chi connectivity index (χ0v) is 11.5. The van der Waals surface area contributed by atoms with Gasteiger partial charge in [0.15, 0.2) is 0 Å². The smallest absolute Gasteiger partial charge is 0.240 e. The van der Waals surface area contributed by atoms with Crippen molar-refractivity contribution in [1.29, 1.82) is 0 Å². The number of carbonyl (C=O) groups is 2. The minimum Gasteiger partial charge on any atom is -0.326 e. The number of hydrogen-bond acceptors (Lipinski definition) is 3. The highest BCUT2D eigenvalue weighted by atomic mass is 35.5. The Kier molecular flexibility index (Phi) is 5.32. The molecule has 0 fully saturated rings. The summed E-state index contributed by atoms with van der Waals surface area (Å²) in [6, 6.07) is 4.94. The van der Waals surface area contributed by atoms with Crippen LogP contribution in [0.3, 0.4) is 0 Å². The Bertz CT molecular complexity index is 489. The van der Waals surface area contributed by atoms with E-state index in [1.165, 1.54) is 0 Å². The molecule has 2 rings (SSSR count). The first kappa shape index (κ1) is 15.5. The van der Waals surface area contributed by atoms with E-state index in [1.807, 2.05) is 12.1 Å².